The van der Waals surface area contributed by atoms with Crippen LogP contribution < -0.4 is 10.6 Å². The highest BCUT2D eigenvalue weighted by Gasteiger charge is 2.18. The van der Waals surface area contributed by atoms with Crippen molar-refractivity contribution in [2.24, 2.45) is 0 Å². The molecule has 0 fully saturated rings. The summed E-state index contributed by atoms with van der Waals surface area (Å²) in [5, 5.41) is 13.8. The molecular formula is C9H12N4O3S. The van der Waals surface area contributed by atoms with Crippen LogP contribution in [0.4, 0.5) is 9.93 Å². The van der Waals surface area contributed by atoms with Crippen molar-refractivity contribution in [3.05, 3.63) is 18.5 Å². The molecule has 3 N–H and O–H groups in total. The molecule has 0 radical (unpaired) electrons. The molecule has 1 rings (SSSR count). The Kier molecular flexibility index (Phi) is 4.58. The van der Waals surface area contributed by atoms with E-state index in [0.29, 0.717) is 11.0 Å². The van der Waals surface area contributed by atoms with Crippen LogP contribution in [0.1, 0.15) is 12.2 Å². The van der Waals surface area contributed by atoms with Gasteiger partial charge in [0.1, 0.15) is 11.9 Å². The van der Waals surface area contributed by atoms with E-state index in [4.69, 9.17) is 5.11 Å². The third-order valence-corrected chi connectivity index (χ3v) is 2.48. The van der Waals surface area contributed by atoms with Gasteiger partial charge in [-0.3, -0.25) is 5.32 Å². The minimum Gasteiger partial charge on any atom is -0.480 e. The second-order valence-corrected chi connectivity index (χ2v) is 3.91. The number of carbonyl (C=O) groups is 2. The predicted molar refractivity (Wildman–Crippen MR) is 63.0 cm³/mol. The number of hydrogen-bond acceptors (Lipinski definition) is 5. The summed E-state index contributed by atoms with van der Waals surface area (Å²) < 4.78 is 3.88. The molecule has 0 saturated carbocycles. The van der Waals surface area contributed by atoms with Gasteiger partial charge in [0.05, 0.1) is 0 Å². The molecule has 1 aromatic heterocycles. The van der Waals surface area contributed by atoms with E-state index >= 15 is 0 Å². The van der Waals surface area contributed by atoms with Gasteiger partial charge in [-0.05, 0) is 13.3 Å². The van der Waals surface area contributed by atoms with Gasteiger partial charge in [0, 0.05) is 11.5 Å². The normalized spacial score (nSPS) is 11.6. The summed E-state index contributed by atoms with van der Waals surface area (Å²) in [6.07, 6.45) is 1.58. The van der Waals surface area contributed by atoms with Crippen molar-refractivity contribution in [2.45, 2.75) is 19.4 Å². The third-order valence-electron chi connectivity index (χ3n) is 1.75. The molecule has 1 heterocycles. The van der Waals surface area contributed by atoms with Crippen molar-refractivity contribution in [3.63, 3.8) is 0 Å². The molecule has 8 heteroatoms. The molecule has 7 nitrogen and oxygen atoms in total. The summed E-state index contributed by atoms with van der Waals surface area (Å²) >= 11 is 1.03. The molecular weight excluding hydrogens is 244 g/mol. The van der Waals surface area contributed by atoms with Crippen LogP contribution >= 0.6 is 11.5 Å². The van der Waals surface area contributed by atoms with E-state index in [9.17, 15) is 9.59 Å². The van der Waals surface area contributed by atoms with Crippen LogP contribution in [0.5, 0.6) is 0 Å². The van der Waals surface area contributed by atoms with Gasteiger partial charge < -0.3 is 10.4 Å². The zero-order valence-electron chi connectivity index (χ0n) is 9.14. The Morgan fingerprint density at radius 1 is 1.65 bits per heavy atom. The third kappa shape index (κ3) is 4.19. The van der Waals surface area contributed by atoms with E-state index in [-0.39, 0.29) is 6.42 Å². The number of rotatable bonds is 5. The molecule has 1 unspecified atom stereocenters. The largest absolute Gasteiger partial charge is 0.480 e. The maximum absolute atomic E-state index is 11.4. The number of amides is 2. The molecule has 0 spiro atoms. The molecule has 0 aliphatic heterocycles. The molecule has 17 heavy (non-hydrogen) atoms. The number of carboxylic acids is 1. The summed E-state index contributed by atoms with van der Waals surface area (Å²) in [7, 11) is 0. The number of urea groups is 1. The number of hydrogen-bond donors (Lipinski definition) is 3. The van der Waals surface area contributed by atoms with Crippen LogP contribution in [-0.2, 0) is 4.79 Å². The average molecular weight is 256 g/mol. The van der Waals surface area contributed by atoms with E-state index in [1.54, 1.807) is 6.92 Å². The first-order chi connectivity index (χ1) is 8.02. The second kappa shape index (κ2) is 5.94. The quantitative estimate of drug-likeness (QED) is 0.682. The Bertz CT molecular complexity index is 432. The lowest BCUT2D eigenvalue weighted by molar-refractivity contribution is -0.139. The van der Waals surface area contributed by atoms with E-state index in [0.717, 1.165) is 11.5 Å². The Morgan fingerprint density at radius 3 is 2.82 bits per heavy atom. The lowest BCUT2D eigenvalue weighted by atomic mass is 10.2. The van der Waals surface area contributed by atoms with Crippen molar-refractivity contribution in [1.29, 1.82) is 0 Å². The maximum atomic E-state index is 11.4. The summed E-state index contributed by atoms with van der Waals surface area (Å²) in [6.45, 7) is 5.11. The topological polar surface area (TPSA) is 104 Å². The molecule has 92 valence electrons. The van der Waals surface area contributed by atoms with E-state index in [2.05, 4.69) is 26.6 Å². The molecule has 0 saturated heterocycles. The van der Waals surface area contributed by atoms with Gasteiger partial charge in [-0.2, -0.15) is 4.37 Å². The summed E-state index contributed by atoms with van der Waals surface area (Å²) in [4.78, 5) is 26.1. The zero-order valence-corrected chi connectivity index (χ0v) is 9.95. The molecule has 1 aromatic rings. The number of nitrogens with zero attached hydrogens (tertiary/aromatic N) is 2. The molecule has 2 amide bonds. The van der Waals surface area contributed by atoms with Crippen LogP contribution in [0.15, 0.2) is 12.7 Å². The summed E-state index contributed by atoms with van der Waals surface area (Å²) in [5.74, 6) is -0.570. The zero-order chi connectivity index (χ0) is 12.8. The Morgan fingerprint density at radius 2 is 2.35 bits per heavy atom. The van der Waals surface area contributed by atoms with Gasteiger partial charge in [0.25, 0.3) is 0 Å². The smallest absolute Gasteiger partial charge is 0.326 e. The number of aryl methyl sites for hydroxylation is 1. The number of anilines is 1. The fourth-order valence-electron chi connectivity index (χ4n) is 1.03. The Hall–Kier alpha value is -1.96. The van der Waals surface area contributed by atoms with Crippen LogP contribution in [-0.4, -0.2) is 32.5 Å². The second-order valence-electron chi connectivity index (χ2n) is 3.16. The van der Waals surface area contributed by atoms with Crippen molar-refractivity contribution < 1.29 is 14.7 Å². The monoisotopic (exact) mass is 256 g/mol. The van der Waals surface area contributed by atoms with Crippen molar-refractivity contribution >= 4 is 28.7 Å². The maximum Gasteiger partial charge on any atom is 0.326 e. The van der Waals surface area contributed by atoms with E-state index in [1.807, 2.05) is 0 Å². The standard InChI is InChI=1S/C9H12N4O3S/c1-3-4-6(7(14)15)11-8(16)12-9-10-5(2)13-17-9/h3,6H,1,4H2,2H3,(H,14,15)(H2,10,11,12,13,16). The van der Waals surface area contributed by atoms with E-state index in [1.165, 1.54) is 6.08 Å². The SMILES string of the molecule is C=CCC(NC(=O)Nc1nc(C)ns1)C(=O)O. The van der Waals surface area contributed by atoms with Gasteiger partial charge in [-0.25, -0.2) is 14.6 Å². The lowest BCUT2D eigenvalue weighted by Crippen LogP contribution is -2.42. The van der Waals surface area contributed by atoms with Crippen LogP contribution in [0.3, 0.4) is 0 Å². The van der Waals surface area contributed by atoms with Gasteiger partial charge in [0.2, 0.25) is 5.13 Å². The van der Waals surface area contributed by atoms with Crippen molar-refractivity contribution in [3.8, 4) is 0 Å². The van der Waals surface area contributed by atoms with Crippen LogP contribution in [0, 0.1) is 6.92 Å². The predicted octanol–water partition coefficient (Wildman–Crippen LogP) is 0.997. The van der Waals surface area contributed by atoms with Gasteiger partial charge in [-0.1, -0.05) is 6.08 Å². The highest BCUT2D eigenvalue weighted by atomic mass is 32.1. The molecule has 0 aliphatic rings. The molecule has 1 atom stereocenters. The Balaban J connectivity index is 2.53. The number of nitrogens with one attached hydrogen (secondary N) is 2. The van der Waals surface area contributed by atoms with Gasteiger partial charge >= 0.3 is 12.0 Å². The number of carboxylic acid groups (broad SMARTS) is 1. The Labute approximate surface area is 102 Å². The molecule has 0 aromatic carbocycles. The van der Waals surface area contributed by atoms with E-state index < -0.39 is 18.0 Å². The van der Waals surface area contributed by atoms with Crippen LogP contribution in [0.2, 0.25) is 0 Å². The van der Waals surface area contributed by atoms with Crippen LogP contribution in [0.25, 0.3) is 0 Å². The van der Waals surface area contributed by atoms with Crippen molar-refractivity contribution in [1.82, 2.24) is 14.7 Å². The first-order valence-electron chi connectivity index (χ1n) is 4.74. The summed E-state index contributed by atoms with van der Waals surface area (Å²) in [6, 6.07) is -1.63. The minimum atomic E-state index is -1.12. The minimum absolute atomic E-state index is 0.151. The lowest BCUT2D eigenvalue weighted by Gasteiger charge is -2.11. The first kappa shape index (κ1) is 13.1. The fraction of sp³-hybridized carbons (Fsp3) is 0.333. The first-order valence-corrected chi connectivity index (χ1v) is 5.51. The number of carbonyl (C=O) groups excluding carboxylic acids is 1. The number of aromatic nitrogens is 2. The molecule has 0 aliphatic carbocycles. The highest BCUT2D eigenvalue weighted by Crippen LogP contribution is 2.09. The average Bonchev–Trinajstić information content (AvgIpc) is 2.63. The summed E-state index contributed by atoms with van der Waals surface area (Å²) in [5.41, 5.74) is 0. The number of aliphatic carboxylic acids is 1. The van der Waals surface area contributed by atoms with Gasteiger partial charge in [-0.15, -0.1) is 6.58 Å². The fourth-order valence-corrected chi connectivity index (χ4v) is 1.60. The molecule has 0 bridgehead atoms. The highest BCUT2D eigenvalue weighted by molar-refractivity contribution is 7.09. The van der Waals surface area contributed by atoms with Gasteiger partial charge in [0.15, 0.2) is 0 Å². The van der Waals surface area contributed by atoms with Crippen molar-refractivity contribution in [2.75, 3.05) is 5.32 Å².